The minimum Gasteiger partial charge on any atom is -0.869 e. The van der Waals surface area contributed by atoms with Gasteiger partial charge in [-0.05, 0) is 45.9 Å². The van der Waals surface area contributed by atoms with Gasteiger partial charge in [0.1, 0.15) is 23.5 Å². The Kier molecular flexibility index (Phi) is 4.28. The SMILES string of the molecule is COc1cc(C2NC(=O)c3c(sc4c3CC[NH+](C)C4)N2)cc(I)c1[O-]. The summed E-state index contributed by atoms with van der Waals surface area (Å²) in [5, 5.41) is 19.4. The number of carbonyl (C=O) groups is 1. The van der Waals surface area contributed by atoms with Crippen LogP contribution in [0.25, 0.3) is 0 Å². The Balaban J connectivity index is 1.71. The minimum atomic E-state index is -0.367. The smallest absolute Gasteiger partial charge is 0.256 e. The maximum atomic E-state index is 12.7. The van der Waals surface area contributed by atoms with E-state index in [0.29, 0.717) is 9.32 Å². The second-order valence-corrected chi connectivity index (χ2v) is 8.69. The van der Waals surface area contributed by atoms with Crippen LogP contribution in [0.4, 0.5) is 5.00 Å². The molecule has 2 aliphatic heterocycles. The highest BCUT2D eigenvalue weighted by Gasteiger charge is 2.34. The number of amides is 1. The second kappa shape index (κ2) is 6.33. The van der Waals surface area contributed by atoms with Crippen LogP contribution < -0.4 is 25.4 Å². The normalized spacial score (nSPS) is 21.8. The van der Waals surface area contributed by atoms with Crippen LogP contribution in [0.15, 0.2) is 12.1 Å². The molecule has 2 aromatic rings. The van der Waals surface area contributed by atoms with Crippen LogP contribution in [0.1, 0.15) is 32.5 Å². The van der Waals surface area contributed by atoms with Crippen molar-refractivity contribution in [2.45, 2.75) is 19.1 Å². The molecule has 25 heavy (non-hydrogen) atoms. The lowest BCUT2D eigenvalue weighted by molar-refractivity contribution is -0.895. The van der Waals surface area contributed by atoms with E-state index in [1.54, 1.807) is 23.5 Å². The van der Waals surface area contributed by atoms with Crippen LogP contribution in [0.3, 0.4) is 0 Å². The van der Waals surface area contributed by atoms with Gasteiger partial charge in [-0.3, -0.25) is 4.79 Å². The predicted molar refractivity (Wildman–Crippen MR) is 102 cm³/mol. The van der Waals surface area contributed by atoms with Gasteiger partial charge < -0.3 is 25.4 Å². The number of halogens is 1. The fourth-order valence-electron chi connectivity index (χ4n) is 3.41. The predicted octanol–water partition coefficient (Wildman–Crippen LogP) is 0.860. The number of nitrogens with one attached hydrogen (secondary N) is 3. The lowest BCUT2D eigenvalue weighted by Gasteiger charge is -2.28. The molecule has 6 nitrogen and oxygen atoms in total. The monoisotopic (exact) mass is 471 g/mol. The van der Waals surface area contributed by atoms with E-state index in [4.69, 9.17) is 4.74 Å². The first-order valence-electron chi connectivity index (χ1n) is 8.05. The van der Waals surface area contributed by atoms with E-state index < -0.39 is 0 Å². The number of benzene rings is 1. The summed E-state index contributed by atoms with van der Waals surface area (Å²) in [4.78, 5) is 15.5. The molecule has 1 amide bonds. The molecule has 0 aliphatic carbocycles. The van der Waals surface area contributed by atoms with Gasteiger partial charge in [-0.1, -0.05) is 5.75 Å². The van der Waals surface area contributed by atoms with Crippen molar-refractivity contribution in [3.05, 3.63) is 37.3 Å². The summed E-state index contributed by atoms with van der Waals surface area (Å²) < 4.78 is 5.75. The van der Waals surface area contributed by atoms with E-state index in [9.17, 15) is 9.90 Å². The molecule has 0 bridgehead atoms. The van der Waals surface area contributed by atoms with E-state index >= 15 is 0 Å². The molecule has 1 aromatic heterocycles. The maximum absolute atomic E-state index is 12.7. The second-order valence-electron chi connectivity index (χ2n) is 6.43. The third kappa shape index (κ3) is 2.85. The number of carbonyl (C=O) groups excluding carboxylic acids is 1. The summed E-state index contributed by atoms with van der Waals surface area (Å²) in [6.07, 6.45) is 0.566. The molecule has 0 radical (unpaired) electrons. The Morgan fingerprint density at radius 2 is 2.20 bits per heavy atom. The number of ether oxygens (including phenoxy) is 1. The molecule has 4 rings (SSSR count). The van der Waals surface area contributed by atoms with E-state index in [1.165, 1.54) is 22.5 Å². The summed E-state index contributed by atoms with van der Waals surface area (Å²) in [6, 6.07) is 3.48. The van der Waals surface area contributed by atoms with E-state index in [2.05, 4.69) is 17.7 Å². The van der Waals surface area contributed by atoms with Gasteiger partial charge in [0.05, 0.1) is 31.1 Å². The van der Waals surface area contributed by atoms with Crippen molar-refractivity contribution in [1.82, 2.24) is 5.32 Å². The lowest BCUT2D eigenvalue weighted by atomic mass is 10.0. The van der Waals surface area contributed by atoms with Crippen molar-refractivity contribution in [2.75, 3.05) is 26.0 Å². The topological polar surface area (TPSA) is 77.9 Å². The number of thiophene rings is 1. The molecule has 2 unspecified atom stereocenters. The number of likely N-dealkylation sites (N-methyl/N-ethyl adjacent to an activating group) is 1. The van der Waals surface area contributed by atoms with Crippen LogP contribution in [0, 0.1) is 3.57 Å². The van der Waals surface area contributed by atoms with Gasteiger partial charge in [0.25, 0.3) is 5.91 Å². The lowest BCUT2D eigenvalue weighted by Crippen LogP contribution is -3.08. The number of methoxy groups -OCH3 is 1. The summed E-state index contributed by atoms with van der Waals surface area (Å²) in [5.74, 6) is 0.114. The maximum Gasteiger partial charge on any atom is 0.256 e. The first kappa shape index (κ1) is 16.9. The highest BCUT2D eigenvalue weighted by Crippen LogP contribution is 2.40. The Labute approximate surface area is 163 Å². The molecule has 0 saturated heterocycles. The molecule has 0 saturated carbocycles. The first-order valence-corrected chi connectivity index (χ1v) is 9.95. The van der Waals surface area contributed by atoms with Crippen LogP contribution in [0.5, 0.6) is 11.5 Å². The number of quaternary nitrogens is 1. The Bertz CT molecular complexity index is 867. The molecule has 0 spiro atoms. The molecule has 3 heterocycles. The molecular formula is C17H18IN3O3S. The van der Waals surface area contributed by atoms with Gasteiger partial charge in [0.2, 0.25) is 0 Å². The van der Waals surface area contributed by atoms with Crippen molar-refractivity contribution in [3.8, 4) is 11.5 Å². The van der Waals surface area contributed by atoms with Crippen LogP contribution in [-0.2, 0) is 13.0 Å². The standard InChI is InChI=1S/C17H18IN3O3S/c1-21-4-3-9-12(7-21)25-17-13(9)16(23)19-15(20-17)8-5-10(18)14(22)11(6-8)24-2/h5-6,15,20,22H,3-4,7H2,1-2H3,(H,19,23). The third-order valence-corrected chi connectivity index (χ3v) is 6.68. The molecule has 2 atom stereocenters. The number of fused-ring (bicyclic) bond motifs is 3. The largest absolute Gasteiger partial charge is 0.869 e. The molecule has 1 aromatic carbocycles. The first-order chi connectivity index (χ1) is 12.0. The summed E-state index contributed by atoms with van der Waals surface area (Å²) in [5.41, 5.74) is 2.80. The van der Waals surface area contributed by atoms with Crippen molar-refractivity contribution < 1.29 is 19.5 Å². The number of rotatable bonds is 2. The molecule has 8 heteroatoms. The number of anilines is 1. The van der Waals surface area contributed by atoms with Gasteiger partial charge in [0, 0.05) is 9.99 Å². The van der Waals surface area contributed by atoms with Gasteiger partial charge in [-0.2, -0.15) is 0 Å². The quantitative estimate of drug-likeness (QED) is 0.569. The number of hydrogen-bond acceptors (Lipinski definition) is 5. The highest BCUT2D eigenvalue weighted by atomic mass is 127. The van der Waals surface area contributed by atoms with Crippen molar-refractivity contribution in [3.63, 3.8) is 0 Å². The Morgan fingerprint density at radius 3 is 2.96 bits per heavy atom. The third-order valence-electron chi connectivity index (χ3n) is 4.72. The van der Waals surface area contributed by atoms with E-state index in [0.717, 1.165) is 35.6 Å². The van der Waals surface area contributed by atoms with E-state index in [-0.39, 0.29) is 17.8 Å². The number of hydrogen-bond donors (Lipinski definition) is 3. The van der Waals surface area contributed by atoms with Gasteiger partial charge in [0.15, 0.2) is 0 Å². The fraction of sp³-hybridized carbons (Fsp3) is 0.353. The molecule has 0 fully saturated rings. The summed E-state index contributed by atoms with van der Waals surface area (Å²) in [6.45, 7) is 2.01. The van der Waals surface area contributed by atoms with Crippen molar-refractivity contribution in [1.29, 1.82) is 0 Å². The van der Waals surface area contributed by atoms with Gasteiger partial charge in [-0.15, -0.1) is 11.3 Å². The molecule has 3 N–H and O–H groups in total. The summed E-state index contributed by atoms with van der Waals surface area (Å²) >= 11 is 3.67. The Morgan fingerprint density at radius 1 is 1.40 bits per heavy atom. The molecular weight excluding hydrogens is 453 g/mol. The minimum absolute atomic E-state index is 0.0454. The Hall–Kier alpha value is -1.52. The van der Waals surface area contributed by atoms with Gasteiger partial charge in [-0.25, -0.2) is 0 Å². The van der Waals surface area contributed by atoms with Gasteiger partial charge >= 0.3 is 0 Å². The fourth-order valence-corrected chi connectivity index (χ4v) is 5.42. The zero-order chi connectivity index (χ0) is 17.7. The molecule has 2 aliphatic rings. The average molecular weight is 471 g/mol. The average Bonchev–Trinajstić information content (AvgIpc) is 2.94. The van der Waals surface area contributed by atoms with E-state index in [1.807, 2.05) is 22.6 Å². The van der Waals surface area contributed by atoms with Crippen LogP contribution in [-0.4, -0.2) is 26.6 Å². The molecule has 132 valence electrons. The van der Waals surface area contributed by atoms with Crippen molar-refractivity contribution in [2.24, 2.45) is 0 Å². The van der Waals surface area contributed by atoms with Crippen LogP contribution >= 0.6 is 33.9 Å². The van der Waals surface area contributed by atoms with Crippen LogP contribution in [0.2, 0.25) is 0 Å². The summed E-state index contributed by atoms with van der Waals surface area (Å²) in [7, 11) is 3.66. The zero-order valence-corrected chi connectivity index (χ0v) is 16.8. The zero-order valence-electron chi connectivity index (χ0n) is 13.9. The van der Waals surface area contributed by atoms with Crippen molar-refractivity contribution >= 4 is 44.8 Å². The highest BCUT2D eigenvalue weighted by molar-refractivity contribution is 14.1.